The SMILES string of the molecule is CCC1CC(=O)NC(n2nc(C)cc2NC(=O)NCc2ccc(Cl)cc2)N1. The molecule has 1 aromatic carbocycles. The molecular weight excluding hydrogens is 368 g/mol. The first-order chi connectivity index (χ1) is 12.9. The van der Waals surface area contributed by atoms with Crippen LogP contribution in [0.3, 0.4) is 0 Å². The van der Waals surface area contributed by atoms with Crippen molar-refractivity contribution in [2.45, 2.75) is 45.6 Å². The van der Waals surface area contributed by atoms with Crippen LogP contribution in [-0.4, -0.2) is 27.8 Å². The summed E-state index contributed by atoms with van der Waals surface area (Å²) in [6, 6.07) is 8.71. The van der Waals surface area contributed by atoms with Crippen molar-refractivity contribution in [3.8, 4) is 0 Å². The Balaban J connectivity index is 1.65. The summed E-state index contributed by atoms with van der Waals surface area (Å²) in [6.07, 6.45) is 0.753. The van der Waals surface area contributed by atoms with E-state index < -0.39 is 6.29 Å². The molecule has 0 aliphatic carbocycles. The van der Waals surface area contributed by atoms with Crippen LogP contribution in [0.5, 0.6) is 0 Å². The highest BCUT2D eigenvalue weighted by atomic mass is 35.5. The molecular formula is C18H23ClN6O2. The number of urea groups is 1. The monoisotopic (exact) mass is 390 g/mol. The lowest BCUT2D eigenvalue weighted by Crippen LogP contribution is -2.53. The quantitative estimate of drug-likeness (QED) is 0.630. The Hall–Kier alpha value is -2.58. The molecule has 1 aliphatic rings. The second-order valence-electron chi connectivity index (χ2n) is 6.50. The Morgan fingerprint density at radius 3 is 2.81 bits per heavy atom. The van der Waals surface area contributed by atoms with Crippen LogP contribution >= 0.6 is 11.6 Å². The lowest BCUT2D eigenvalue weighted by molar-refractivity contribution is -0.125. The highest BCUT2D eigenvalue weighted by Gasteiger charge is 2.28. The molecule has 1 aromatic heterocycles. The van der Waals surface area contributed by atoms with Crippen molar-refractivity contribution in [1.82, 2.24) is 25.7 Å². The first kappa shape index (κ1) is 19.2. The summed E-state index contributed by atoms with van der Waals surface area (Å²) in [7, 11) is 0. The number of aryl methyl sites for hydroxylation is 1. The van der Waals surface area contributed by atoms with Gasteiger partial charge in [0.2, 0.25) is 5.91 Å². The van der Waals surface area contributed by atoms with E-state index in [4.69, 9.17) is 11.6 Å². The van der Waals surface area contributed by atoms with Gasteiger partial charge in [0.1, 0.15) is 5.82 Å². The van der Waals surface area contributed by atoms with Crippen molar-refractivity contribution in [1.29, 1.82) is 0 Å². The lowest BCUT2D eigenvalue weighted by Gasteiger charge is -2.31. The molecule has 2 atom stereocenters. The number of amides is 3. The predicted octanol–water partition coefficient (Wildman–Crippen LogP) is 2.51. The summed E-state index contributed by atoms with van der Waals surface area (Å²) in [5.74, 6) is 0.451. The van der Waals surface area contributed by atoms with E-state index in [2.05, 4.69) is 26.4 Å². The standard InChI is InChI=1S/C18H23ClN6O2/c1-3-14-9-16(26)23-17(21-14)25-15(8-11(2)24-25)22-18(27)20-10-12-4-6-13(19)7-5-12/h4-8,14,17,21H,3,9-10H2,1-2H3,(H,23,26)(H2,20,22,27). The van der Waals surface area contributed by atoms with Crippen molar-refractivity contribution < 1.29 is 9.59 Å². The normalized spacial score (nSPS) is 19.4. The van der Waals surface area contributed by atoms with Gasteiger partial charge < -0.3 is 10.6 Å². The van der Waals surface area contributed by atoms with Crippen molar-refractivity contribution in [2.75, 3.05) is 5.32 Å². The molecule has 3 amide bonds. The Labute approximate surface area is 162 Å². The molecule has 8 nitrogen and oxygen atoms in total. The molecule has 0 bridgehead atoms. The third-order valence-electron chi connectivity index (χ3n) is 4.33. The Kier molecular flexibility index (Phi) is 5.98. The van der Waals surface area contributed by atoms with Gasteiger partial charge in [-0.05, 0) is 31.0 Å². The molecule has 27 heavy (non-hydrogen) atoms. The molecule has 9 heteroatoms. The molecule has 144 valence electrons. The van der Waals surface area contributed by atoms with Gasteiger partial charge in [0.05, 0.1) is 5.69 Å². The summed E-state index contributed by atoms with van der Waals surface area (Å²) in [5, 5.41) is 16.8. The summed E-state index contributed by atoms with van der Waals surface area (Å²) in [6.45, 7) is 4.22. The lowest BCUT2D eigenvalue weighted by atomic mass is 10.1. The van der Waals surface area contributed by atoms with Gasteiger partial charge in [-0.15, -0.1) is 0 Å². The molecule has 0 radical (unpaired) electrons. The number of nitrogens with one attached hydrogen (secondary N) is 4. The number of hydrogen-bond acceptors (Lipinski definition) is 4. The summed E-state index contributed by atoms with van der Waals surface area (Å²) < 4.78 is 1.58. The maximum Gasteiger partial charge on any atom is 0.320 e. The first-order valence-electron chi connectivity index (χ1n) is 8.85. The number of rotatable bonds is 5. The van der Waals surface area contributed by atoms with Crippen molar-refractivity contribution in [3.63, 3.8) is 0 Å². The predicted molar refractivity (Wildman–Crippen MR) is 103 cm³/mol. The van der Waals surface area contributed by atoms with Crippen LogP contribution < -0.4 is 21.3 Å². The third-order valence-corrected chi connectivity index (χ3v) is 4.58. The number of nitrogens with zero attached hydrogens (tertiary/aromatic N) is 2. The maximum absolute atomic E-state index is 12.3. The zero-order valence-electron chi connectivity index (χ0n) is 15.3. The number of aromatic nitrogens is 2. The van der Waals surface area contributed by atoms with E-state index in [0.717, 1.165) is 17.7 Å². The van der Waals surface area contributed by atoms with Crippen LogP contribution in [0.4, 0.5) is 10.6 Å². The van der Waals surface area contributed by atoms with Gasteiger partial charge in [0.25, 0.3) is 0 Å². The van der Waals surface area contributed by atoms with Gasteiger partial charge in [-0.25, -0.2) is 9.48 Å². The number of benzene rings is 1. The largest absolute Gasteiger partial charge is 0.334 e. The van der Waals surface area contributed by atoms with Gasteiger partial charge >= 0.3 is 6.03 Å². The average Bonchev–Trinajstić information content (AvgIpc) is 3.01. The van der Waals surface area contributed by atoms with E-state index in [9.17, 15) is 9.59 Å². The molecule has 3 rings (SSSR count). The van der Waals surface area contributed by atoms with Crippen molar-refractivity contribution in [3.05, 3.63) is 46.6 Å². The molecule has 1 saturated heterocycles. The molecule has 0 spiro atoms. The summed E-state index contributed by atoms with van der Waals surface area (Å²) >= 11 is 5.86. The number of carbonyl (C=O) groups is 2. The Morgan fingerprint density at radius 1 is 1.37 bits per heavy atom. The topological polar surface area (TPSA) is 100 Å². The van der Waals surface area contributed by atoms with Crippen LogP contribution in [0.25, 0.3) is 0 Å². The fraction of sp³-hybridized carbons (Fsp3) is 0.389. The van der Waals surface area contributed by atoms with E-state index in [-0.39, 0.29) is 18.0 Å². The van der Waals surface area contributed by atoms with Crippen molar-refractivity contribution >= 4 is 29.4 Å². The van der Waals surface area contributed by atoms with E-state index in [1.54, 1.807) is 22.9 Å². The number of hydrogen-bond donors (Lipinski definition) is 4. The van der Waals surface area contributed by atoms with Crippen LogP contribution in [0.2, 0.25) is 5.02 Å². The third kappa shape index (κ3) is 4.99. The van der Waals surface area contributed by atoms with Gasteiger partial charge in [-0.3, -0.25) is 15.4 Å². The smallest absolute Gasteiger partial charge is 0.320 e. The molecule has 2 aromatic rings. The molecule has 0 saturated carbocycles. The van der Waals surface area contributed by atoms with Crippen LogP contribution in [0.1, 0.15) is 37.3 Å². The van der Waals surface area contributed by atoms with Crippen molar-refractivity contribution in [2.24, 2.45) is 0 Å². The minimum absolute atomic E-state index is 0.0445. The average molecular weight is 391 g/mol. The second kappa shape index (κ2) is 8.41. The number of carbonyl (C=O) groups excluding carboxylic acids is 2. The highest BCUT2D eigenvalue weighted by molar-refractivity contribution is 6.30. The number of halogens is 1. The van der Waals surface area contributed by atoms with Gasteiger partial charge in [-0.1, -0.05) is 30.7 Å². The summed E-state index contributed by atoms with van der Waals surface area (Å²) in [5.41, 5.74) is 1.67. The second-order valence-corrected chi connectivity index (χ2v) is 6.93. The van der Waals surface area contributed by atoms with Crippen LogP contribution in [0, 0.1) is 6.92 Å². The highest BCUT2D eigenvalue weighted by Crippen LogP contribution is 2.18. The van der Waals surface area contributed by atoms with Crippen LogP contribution in [0.15, 0.2) is 30.3 Å². The number of anilines is 1. The molecule has 2 unspecified atom stereocenters. The zero-order valence-corrected chi connectivity index (χ0v) is 16.0. The Bertz CT molecular complexity index is 820. The fourth-order valence-corrected chi connectivity index (χ4v) is 3.03. The molecule has 1 aliphatic heterocycles. The minimum Gasteiger partial charge on any atom is -0.334 e. The fourth-order valence-electron chi connectivity index (χ4n) is 2.90. The van der Waals surface area contributed by atoms with E-state index in [1.165, 1.54) is 0 Å². The zero-order chi connectivity index (χ0) is 19.4. The van der Waals surface area contributed by atoms with E-state index >= 15 is 0 Å². The van der Waals surface area contributed by atoms with Gasteiger partial charge in [0, 0.05) is 30.1 Å². The Morgan fingerprint density at radius 2 is 2.11 bits per heavy atom. The molecule has 4 N–H and O–H groups in total. The minimum atomic E-state index is -0.503. The molecule has 1 fully saturated rings. The van der Waals surface area contributed by atoms with Gasteiger partial charge in [0.15, 0.2) is 6.29 Å². The maximum atomic E-state index is 12.3. The van der Waals surface area contributed by atoms with E-state index in [0.29, 0.717) is 23.8 Å². The molecule has 2 heterocycles. The van der Waals surface area contributed by atoms with E-state index in [1.807, 2.05) is 26.0 Å². The van der Waals surface area contributed by atoms with Crippen LogP contribution in [-0.2, 0) is 11.3 Å². The van der Waals surface area contributed by atoms with Gasteiger partial charge in [-0.2, -0.15) is 5.10 Å². The first-order valence-corrected chi connectivity index (χ1v) is 9.23. The summed E-state index contributed by atoms with van der Waals surface area (Å²) in [4.78, 5) is 24.2.